The quantitative estimate of drug-likeness (QED) is 0.132. The first-order valence-corrected chi connectivity index (χ1v) is 16.1. The SMILES string of the molecule is Cc1ccc(C(=O)O[C@](C(=O)O)(C(=O)c2ccc(C)cc2)[C@@H](O)C(=O)O)cc1.O[C@@H]1CCCC[C@H]1N1CC[C@@H](OCc2ccccc2)C1. The molecule has 5 rings (SSSR count). The molecule has 11 nitrogen and oxygen atoms in total. The fourth-order valence-electron chi connectivity index (χ4n) is 5.97. The largest absolute Gasteiger partial charge is 0.479 e. The summed E-state index contributed by atoms with van der Waals surface area (Å²) in [7, 11) is 0. The van der Waals surface area contributed by atoms with Gasteiger partial charge in [0.05, 0.1) is 24.4 Å². The standard InChI is InChI=1S/C20H18O8.C17H25NO2/c1-11-3-7-13(8-4-11)15(21)20(19(26)27,16(22)17(23)24)28-18(25)14-9-5-12(2)6-10-14;19-17-9-5-4-8-16(17)18-11-10-15(12-18)20-13-14-6-2-1-3-7-14/h3-10,16,22H,1-2H3,(H,23,24)(H,26,27);1-3,6-7,15-17,19H,4-5,8-13H2/t16-,20+;15-,16-,17-/m01/s1. The summed E-state index contributed by atoms with van der Waals surface area (Å²) < 4.78 is 10.9. The molecule has 0 unspecified atom stereocenters. The van der Waals surface area contributed by atoms with E-state index in [1.165, 1.54) is 54.8 Å². The third-order valence-electron chi connectivity index (χ3n) is 8.80. The Morgan fingerprint density at radius 2 is 1.42 bits per heavy atom. The molecule has 5 atom stereocenters. The first-order chi connectivity index (χ1) is 22.9. The van der Waals surface area contributed by atoms with Crippen molar-refractivity contribution in [3.8, 4) is 0 Å². The number of ketones is 1. The van der Waals surface area contributed by atoms with Gasteiger partial charge in [0.15, 0.2) is 0 Å². The van der Waals surface area contributed by atoms with Crippen LogP contribution in [-0.4, -0.2) is 92.1 Å². The van der Waals surface area contributed by atoms with Gasteiger partial charge in [-0.15, -0.1) is 0 Å². The zero-order valence-electron chi connectivity index (χ0n) is 27.2. The molecule has 0 radical (unpaired) electrons. The molecule has 0 bridgehead atoms. The number of aryl methyl sites for hydroxylation is 2. The van der Waals surface area contributed by atoms with Crippen LogP contribution in [-0.2, 0) is 25.7 Å². The summed E-state index contributed by atoms with van der Waals surface area (Å²) in [6, 6.07) is 22.0. The van der Waals surface area contributed by atoms with E-state index in [4.69, 9.17) is 14.6 Å². The molecule has 48 heavy (non-hydrogen) atoms. The van der Waals surface area contributed by atoms with Gasteiger partial charge in [-0.3, -0.25) is 9.69 Å². The molecule has 2 aliphatic rings. The van der Waals surface area contributed by atoms with E-state index in [2.05, 4.69) is 29.2 Å². The Bertz CT molecular complexity index is 1540. The van der Waals surface area contributed by atoms with Gasteiger partial charge >= 0.3 is 23.5 Å². The van der Waals surface area contributed by atoms with Crippen LogP contribution in [0, 0.1) is 13.8 Å². The van der Waals surface area contributed by atoms with E-state index in [0.29, 0.717) is 18.8 Å². The van der Waals surface area contributed by atoms with Crippen molar-refractivity contribution in [3.05, 3.63) is 107 Å². The molecule has 1 saturated heterocycles. The fourth-order valence-corrected chi connectivity index (χ4v) is 5.97. The number of carbonyl (C=O) groups excluding carboxylic acids is 2. The Hall–Kier alpha value is -4.42. The predicted octanol–water partition coefficient (Wildman–Crippen LogP) is 4.19. The Balaban J connectivity index is 0.000000228. The molecule has 256 valence electrons. The van der Waals surface area contributed by atoms with Gasteiger partial charge in [0.1, 0.15) is 0 Å². The molecule has 11 heteroatoms. The van der Waals surface area contributed by atoms with Crippen molar-refractivity contribution in [1.82, 2.24) is 4.90 Å². The summed E-state index contributed by atoms with van der Waals surface area (Å²) in [4.78, 5) is 51.1. The second kappa shape index (κ2) is 16.6. The van der Waals surface area contributed by atoms with Gasteiger partial charge in [-0.05, 0) is 50.8 Å². The molecule has 3 aromatic carbocycles. The number of ether oxygens (including phenoxy) is 2. The third-order valence-corrected chi connectivity index (χ3v) is 8.80. The molecule has 1 saturated carbocycles. The van der Waals surface area contributed by atoms with Crippen LogP contribution in [0.2, 0.25) is 0 Å². The number of hydrogen-bond acceptors (Lipinski definition) is 9. The highest BCUT2D eigenvalue weighted by Gasteiger charge is 2.59. The second-order valence-corrected chi connectivity index (χ2v) is 12.4. The number of hydrogen-bond donors (Lipinski definition) is 4. The minimum absolute atomic E-state index is 0.106. The molecule has 1 aliphatic carbocycles. The van der Waals surface area contributed by atoms with E-state index < -0.39 is 35.4 Å². The smallest absolute Gasteiger partial charge is 0.360 e. The van der Waals surface area contributed by atoms with Gasteiger partial charge in [0.25, 0.3) is 0 Å². The Kier molecular flexibility index (Phi) is 12.6. The van der Waals surface area contributed by atoms with E-state index in [-0.39, 0.29) is 17.2 Å². The summed E-state index contributed by atoms with van der Waals surface area (Å²) >= 11 is 0. The van der Waals surface area contributed by atoms with E-state index in [1.807, 2.05) is 6.07 Å². The van der Waals surface area contributed by atoms with Crippen LogP contribution in [0.5, 0.6) is 0 Å². The molecule has 0 amide bonds. The van der Waals surface area contributed by atoms with Gasteiger partial charge in [0, 0.05) is 24.7 Å². The molecule has 1 heterocycles. The molecule has 0 spiro atoms. The van der Waals surface area contributed by atoms with E-state index in [1.54, 1.807) is 26.0 Å². The summed E-state index contributed by atoms with van der Waals surface area (Å²) in [6.07, 6.45) is 3.01. The molecule has 3 aromatic rings. The summed E-state index contributed by atoms with van der Waals surface area (Å²) in [5.41, 5.74) is -0.891. The third kappa shape index (κ3) is 8.93. The highest BCUT2D eigenvalue weighted by atomic mass is 16.6. The topological polar surface area (TPSA) is 171 Å². The average molecular weight is 662 g/mol. The maximum absolute atomic E-state index is 12.9. The number of esters is 1. The minimum Gasteiger partial charge on any atom is -0.479 e. The van der Waals surface area contributed by atoms with Crippen LogP contribution in [0.4, 0.5) is 0 Å². The van der Waals surface area contributed by atoms with Gasteiger partial charge < -0.3 is 29.9 Å². The number of carboxylic acid groups (broad SMARTS) is 2. The number of aliphatic carboxylic acids is 2. The van der Waals surface area contributed by atoms with Crippen molar-refractivity contribution in [2.45, 2.75) is 82.5 Å². The van der Waals surface area contributed by atoms with Gasteiger partial charge in [-0.2, -0.15) is 0 Å². The number of likely N-dealkylation sites (tertiary alicyclic amines) is 1. The van der Waals surface area contributed by atoms with Crippen LogP contribution in [0.1, 0.15) is 69.5 Å². The Morgan fingerprint density at radius 1 is 0.833 bits per heavy atom. The first kappa shape index (κ1) is 36.4. The molecule has 0 aromatic heterocycles. The van der Waals surface area contributed by atoms with Crippen LogP contribution in [0.3, 0.4) is 0 Å². The number of carboxylic acids is 2. The number of rotatable bonds is 11. The van der Waals surface area contributed by atoms with Crippen molar-refractivity contribution in [3.63, 3.8) is 0 Å². The van der Waals surface area contributed by atoms with Crippen molar-refractivity contribution >= 4 is 23.7 Å². The molecule has 4 N–H and O–H groups in total. The molecule has 1 aliphatic heterocycles. The lowest BCUT2D eigenvalue weighted by molar-refractivity contribution is -0.176. The zero-order chi connectivity index (χ0) is 34.8. The summed E-state index contributed by atoms with van der Waals surface area (Å²) in [6.45, 7) is 6.23. The Morgan fingerprint density at radius 3 is 1.98 bits per heavy atom. The van der Waals surface area contributed by atoms with Gasteiger partial charge in [0.2, 0.25) is 11.9 Å². The zero-order valence-corrected chi connectivity index (χ0v) is 27.2. The number of benzene rings is 3. The number of aliphatic hydroxyl groups excluding tert-OH is 2. The second-order valence-electron chi connectivity index (χ2n) is 12.4. The molecule has 2 fully saturated rings. The fraction of sp³-hybridized carbons (Fsp3) is 0.405. The van der Waals surface area contributed by atoms with Crippen LogP contribution in [0.25, 0.3) is 0 Å². The highest BCUT2D eigenvalue weighted by Crippen LogP contribution is 2.28. The lowest BCUT2D eigenvalue weighted by Crippen LogP contribution is -2.61. The number of nitrogens with zero attached hydrogens (tertiary/aromatic N) is 1. The molecular formula is C37H43NO10. The molecular weight excluding hydrogens is 618 g/mol. The maximum Gasteiger partial charge on any atom is 0.360 e. The lowest BCUT2D eigenvalue weighted by atomic mass is 9.86. The maximum atomic E-state index is 12.9. The Labute approximate surface area is 279 Å². The number of carbonyl (C=O) groups is 4. The monoisotopic (exact) mass is 661 g/mol. The summed E-state index contributed by atoms with van der Waals surface area (Å²) in [5.74, 6) is -6.76. The average Bonchev–Trinajstić information content (AvgIpc) is 3.56. The van der Waals surface area contributed by atoms with Crippen molar-refractivity contribution in [2.24, 2.45) is 0 Å². The number of Topliss-reactive ketones (excluding diaryl/α,β-unsaturated/α-hetero) is 1. The van der Waals surface area contributed by atoms with Crippen molar-refractivity contribution in [2.75, 3.05) is 13.1 Å². The summed E-state index contributed by atoms with van der Waals surface area (Å²) in [5, 5.41) is 39.0. The van der Waals surface area contributed by atoms with Crippen molar-refractivity contribution < 1.29 is 49.1 Å². The number of aliphatic hydroxyl groups is 2. The normalized spacial score (nSPS) is 21.2. The van der Waals surface area contributed by atoms with Crippen LogP contribution < -0.4 is 0 Å². The van der Waals surface area contributed by atoms with E-state index >= 15 is 0 Å². The predicted molar refractivity (Wildman–Crippen MR) is 176 cm³/mol. The van der Waals surface area contributed by atoms with E-state index in [0.717, 1.165) is 43.5 Å². The minimum atomic E-state index is -3.36. The van der Waals surface area contributed by atoms with Crippen LogP contribution >= 0.6 is 0 Å². The van der Waals surface area contributed by atoms with Crippen molar-refractivity contribution in [1.29, 1.82) is 0 Å². The highest BCUT2D eigenvalue weighted by molar-refractivity contribution is 6.19. The lowest BCUT2D eigenvalue weighted by Gasteiger charge is -2.35. The van der Waals surface area contributed by atoms with Crippen LogP contribution in [0.15, 0.2) is 78.9 Å². The first-order valence-electron chi connectivity index (χ1n) is 16.1. The van der Waals surface area contributed by atoms with Gasteiger partial charge in [-0.25, -0.2) is 14.4 Å². The van der Waals surface area contributed by atoms with Gasteiger partial charge in [-0.1, -0.05) is 90.7 Å². The van der Waals surface area contributed by atoms with E-state index in [9.17, 15) is 34.5 Å².